The van der Waals surface area contributed by atoms with E-state index in [0.717, 1.165) is 36.0 Å². The number of pyridine rings is 1. The van der Waals surface area contributed by atoms with Gasteiger partial charge in [-0.15, -0.1) is 0 Å². The van der Waals surface area contributed by atoms with Gasteiger partial charge in [0.05, 0.1) is 5.56 Å². The van der Waals surface area contributed by atoms with Gasteiger partial charge in [-0.2, -0.15) is 4.39 Å². The van der Waals surface area contributed by atoms with Crippen molar-refractivity contribution >= 4 is 11.7 Å². The number of anilines is 1. The number of aromatic nitrogens is 1. The van der Waals surface area contributed by atoms with Crippen molar-refractivity contribution in [3.05, 3.63) is 83.3 Å². The summed E-state index contributed by atoms with van der Waals surface area (Å²) in [6.07, 6.45) is 2.10. The van der Waals surface area contributed by atoms with Crippen LogP contribution < -0.4 is 15.8 Å². The summed E-state index contributed by atoms with van der Waals surface area (Å²) in [5.41, 5.74) is 7.87. The second kappa shape index (κ2) is 8.99. The van der Waals surface area contributed by atoms with Crippen molar-refractivity contribution in [2.45, 2.75) is 26.3 Å². The predicted molar refractivity (Wildman–Crippen MR) is 107 cm³/mol. The molecule has 28 heavy (non-hydrogen) atoms. The van der Waals surface area contributed by atoms with Gasteiger partial charge in [0, 0.05) is 6.54 Å². The lowest BCUT2D eigenvalue weighted by atomic mass is 10.1. The van der Waals surface area contributed by atoms with Crippen LogP contribution in [0.3, 0.4) is 0 Å². The molecule has 1 aromatic heterocycles. The Morgan fingerprint density at radius 1 is 1.07 bits per heavy atom. The van der Waals surface area contributed by atoms with Gasteiger partial charge in [0.1, 0.15) is 17.3 Å². The summed E-state index contributed by atoms with van der Waals surface area (Å²) in [6.45, 7) is 2.45. The number of nitrogens with one attached hydrogen (secondary N) is 1. The van der Waals surface area contributed by atoms with Crippen molar-refractivity contribution in [3.63, 3.8) is 0 Å². The van der Waals surface area contributed by atoms with Gasteiger partial charge >= 0.3 is 0 Å². The zero-order valence-electron chi connectivity index (χ0n) is 15.6. The third kappa shape index (κ3) is 5.07. The first-order valence-electron chi connectivity index (χ1n) is 9.11. The number of halogens is 1. The SMILES string of the molecule is CCCc1cccc(Oc2ccc(CNC(=O)c3ccc(F)nc3N)cc2)c1. The van der Waals surface area contributed by atoms with Crippen molar-refractivity contribution in [1.29, 1.82) is 0 Å². The molecule has 0 unspecified atom stereocenters. The van der Waals surface area contributed by atoms with Gasteiger partial charge in [0.25, 0.3) is 5.91 Å². The van der Waals surface area contributed by atoms with Crippen molar-refractivity contribution < 1.29 is 13.9 Å². The van der Waals surface area contributed by atoms with Crippen LogP contribution in [0.1, 0.15) is 34.8 Å². The minimum Gasteiger partial charge on any atom is -0.457 e. The number of hydrogen-bond donors (Lipinski definition) is 2. The molecule has 0 fully saturated rings. The summed E-state index contributed by atoms with van der Waals surface area (Å²) in [4.78, 5) is 15.6. The third-order valence-corrected chi connectivity index (χ3v) is 4.18. The number of rotatable bonds is 7. The molecular formula is C22H22FN3O2. The Balaban J connectivity index is 1.58. The van der Waals surface area contributed by atoms with Crippen molar-refractivity contribution in [2.24, 2.45) is 0 Å². The van der Waals surface area contributed by atoms with Crippen molar-refractivity contribution in [3.8, 4) is 11.5 Å². The normalized spacial score (nSPS) is 10.5. The van der Waals surface area contributed by atoms with Crippen LogP contribution in [0.5, 0.6) is 11.5 Å². The van der Waals surface area contributed by atoms with Gasteiger partial charge in [-0.3, -0.25) is 4.79 Å². The second-order valence-electron chi connectivity index (χ2n) is 6.39. The fourth-order valence-electron chi connectivity index (χ4n) is 2.78. The number of benzene rings is 2. The molecule has 3 rings (SSSR count). The summed E-state index contributed by atoms with van der Waals surface area (Å²) in [5, 5.41) is 2.74. The average Bonchev–Trinajstić information content (AvgIpc) is 2.68. The molecule has 0 saturated carbocycles. The van der Waals surface area contributed by atoms with E-state index in [1.807, 2.05) is 42.5 Å². The summed E-state index contributed by atoms with van der Waals surface area (Å²) >= 11 is 0. The molecule has 0 spiro atoms. The molecule has 0 bridgehead atoms. The minimum atomic E-state index is -0.718. The van der Waals surface area contributed by atoms with Gasteiger partial charge in [-0.25, -0.2) is 4.98 Å². The molecule has 0 aliphatic carbocycles. The second-order valence-corrected chi connectivity index (χ2v) is 6.39. The van der Waals surface area contributed by atoms with Crippen LogP contribution in [0.4, 0.5) is 10.2 Å². The molecule has 5 nitrogen and oxygen atoms in total. The molecule has 2 aromatic carbocycles. The summed E-state index contributed by atoms with van der Waals surface area (Å²) in [6, 6.07) is 17.9. The molecule has 1 amide bonds. The molecule has 0 aliphatic rings. The van der Waals surface area contributed by atoms with Crippen LogP contribution in [0.15, 0.2) is 60.7 Å². The van der Waals surface area contributed by atoms with Crippen LogP contribution in [-0.4, -0.2) is 10.9 Å². The van der Waals surface area contributed by atoms with Gasteiger partial charge in [0.15, 0.2) is 0 Å². The molecule has 144 valence electrons. The Labute approximate surface area is 163 Å². The lowest BCUT2D eigenvalue weighted by molar-refractivity contribution is 0.0951. The fraction of sp³-hybridized carbons (Fsp3) is 0.182. The summed E-state index contributed by atoms with van der Waals surface area (Å²) in [7, 11) is 0. The molecule has 1 heterocycles. The number of amides is 1. The number of aryl methyl sites for hydroxylation is 1. The van der Waals surface area contributed by atoms with Gasteiger partial charge in [-0.05, 0) is 53.9 Å². The molecule has 3 aromatic rings. The Morgan fingerprint density at radius 2 is 1.86 bits per heavy atom. The Morgan fingerprint density at radius 3 is 2.57 bits per heavy atom. The van der Waals surface area contributed by atoms with E-state index in [0.29, 0.717) is 6.54 Å². The lowest BCUT2D eigenvalue weighted by Gasteiger charge is -2.09. The maximum Gasteiger partial charge on any atom is 0.255 e. The van der Waals surface area contributed by atoms with Crippen LogP contribution in [0.2, 0.25) is 0 Å². The monoisotopic (exact) mass is 379 g/mol. The van der Waals surface area contributed by atoms with Crippen LogP contribution in [0.25, 0.3) is 0 Å². The maximum atomic E-state index is 13.0. The van der Waals surface area contributed by atoms with Gasteiger partial charge < -0.3 is 15.8 Å². The molecule has 3 N–H and O–H groups in total. The molecule has 0 atom stereocenters. The van der Waals surface area contributed by atoms with E-state index < -0.39 is 11.9 Å². The summed E-state index contributed by atoms with van der Waals surface area (Å²) < 4.78 is 18.9. The smallest absolute Gasteiger partial charge is 0.255 e. The van der Waals surface area contributed by atoms with Crippen molar-refractivity contribution in [2.75, 3.05) is 5.73 Å². The van der Waals surface area contributed by atoms with E-state index in [2.05, 4.69) is 23.3 Å². The zero-order chi connectivity index (χ0) is 19.9. The Bertz CT molecular complexity index is 958. The van der Waals surface area contributed by atoms with Crippen LogP contribution in [-0.2, 0) is 13.0 Å². The summed E-state index contributed by atoms with van der Waals surface area (Å²) in [5.74, 6) is 0.261. The van der Waals surface area contributed by atoms with E-state index in [9.17, 15) is 9.18 Å². The average molecular weight is 379 g/mol. The van der Waals surface area contributed by atoms with E-state index in [-0.39, 0.29) is 11.4 Å². The number of carbonyl (C=O) groups excluding carboxylic acids is 1. The van der Waals surface area contributed by atoms with Gasteiger partial charge in [-0.1, -0.05) is 37.6 Å². The fourth-order valence-corrected chi connectivity index (χ4v) is 2.78. The predicted octanol–water partition coefficient (Wildman–Crippen LogP) is 4.48. The van der Waals surface area contributed by atoms with E-state index in [1.54, 1.807) is 0 Å². The number of nitrogen functional groups attached to an aromatic ring is 1. The van der Waals surface area contributed by atoms with E-state index in [1.165, 1.54) is 11.6 Å². The number of carbonyl (C=O) groups is 1. The highest BCUT2D eigenvalue weighted by atomic mass is 19.1. The number of ether oxygens (including phenoxy) is 1. The molecule has 0 aliphatic heterocycles. The van der Waals surface area contributed by atoms with E-state index in [4.69, 9.17) is 10.5 Å². The highest BCUT2D eigenvalue weighted by molar-refractivity contribution is 5.98. The van der Waals surface area contributed by atoms with Gasteiger partial charge in [0.2, 0.25) is 5.95 Å². The Hall–Kier alpha value is -3.41. The number of nitrogens with two attached hydrogens (primary N) is 1. The topological polar surface area (TPSA) is 77.2 Å². The van der Waals surface area contributed by atoms with Crippen LogP contribution in [0, 0.1) is 5.95 Å². The first-order chi connectivity index (χ1) is 13.5. The Kier molecular flexibility index (Phi) is 6.22. The lowest BCUT2D eigenvalue weighted by Crippen LogP contribution is -2.24. The highest BCUT2D eigenvalue weighted by Gasteiger charge is 2.11. The molecular weight excluding hydrogens is 357 g/mol. The highest BCUT2D eigenvalue weighted by Crippen LogP contribution is 2.23. The van der Waals surface area contributed by atoms with E-state index >= 15 is 0 Å². The number of nitrogens with zero attached hydrogens (tertiary/aromatic N) is 1. The largest absolute Gasteiger partial charge is 0.457 e. The molecule has 0 radical (unpaired) electrons. The van der Waals surface area contributed by atoms with Crippen molar-refractivity contribution in [1.82, 2.24) is 10.3 Å². The molecule has 0 saturated heterocycles. The molecule has 6 heteroatoms. The quantitative estimate of drug-likeness (QED) is 0.594. The zero-order valence-corrected chi connectivity index (χ0v) is 15.6. The minimum absolute atomic E-state index is 0.133. The first kappa shape index (κ1) is 19.4. The maximum absolute atomic E-state index is 13.0. The third-order valence-electron chi connectivity index (χ3n) is 4.18. The standard InChI is InChI=1S/C22H22FN3O2/c1-2-4-15-5-3-6-18(13-15)28-17-9-7-16(8-10-17)14-25-22(27)19-11-12-20(23)26-21(19)24/h3,5-13H,2,4,14H2,1H3,(H2,24,26)(H,25,27). The first-order valence-corrected chi connectivity index (χ1v) is 9.11. The number of hydrogen-bond acceptors (Lipinski definition) is 4. The van der Waals surface area contributed by atoms with Crippen LogP contribution >= 0.6 is 0 Å².